The number of unbranched alkanes of at least 4 members (excludes halogenated alkanes) is 1. The molecule has 0 unspecified atom stereocenters. The number of nitrogens with zero attached hydrogens (tertiary/aromatic N) is 4. The molecule has 2 aliphatic carbocycles. The lowest BCUT2D eigenvalue weighted by Crippen LogP contribution is -2.29. The fourth-order valence-corrected chi connectivity index (χ4v) is 4.42. The molecule has 0 aliphatic heterocycles. The highest BCUT2D eigenvalue weighted by molar-refractivity contribution is 5.74. The van der Waals surface area contributed by atoms with Crippen molar-refractivity contribution in [3.8, 4) is 11.3 Å². The first-order valence-electron chi connectivity index (χ1n) is 11.9. The maximum Gasteiger partial charge on any atom is 0.224 e. The van der Waals surface area contributed by atoms with Gasteiger partial charge in [-0.1, -0.05) is 26.2 Å². The Balaban J connectivity index is 1.56. The summed E-state index contributed by atoms with van der Waals surface area (Å²) in [5.74, 6) is 2.28. The van der Waals surface area contributed by atoms with E-state index in [-0.39, 0.29) is 6.10 Å². The van der Waals surface area contributed by atoms with Crippen LogP contribution in [0.1, 0.15) is 71.1 Å². The van der Waals surface area contributed by atoms with Gasteiger partial charge in [0.1, 0.15) is 18.0 Å². The van der Waals surface area contributed by atoms with Gasteiger partial charge in [0.2, 0.25) is 5.95 Å². The van der Waals surface area contributed by atoms with Crippen molar-refractivity contribution in [2.24, 2.45) is 0 Å². The predicted molar refractivity (Wildman–Crippen MR) is 124 cm³/mol. The van der Waals surface area contributed by atoms with Crippen LogP contribution < -0.4 is 16.0 Å². The Hall–Kier alpha value is -2.48. The fraction of sp³-hybridized carbons (Fsp3) is 0.652. The van der Waals surface area contributed by atoms with Gasteiger partial charge in [0.15, 0.2) is 0 Å². The first-order chi connectivity index (χ1) is 15.2. The van der Waals surface area contributed by atoms with Crippen LogP contribution in [0.15, 0.2) is 18.6 Å². The van der Waals surface area contributed by atoms with Gasteiger partial charge in [0.05, 0.1) is 17.4 Å². The summed E-state index contributed by atoms with van der Waals surface area (Å²) in [6.07, 6.45) is 13.9. The summed E-state index contributed by atoms with van der Waals surface area (Å²) < 4.78 is 0. The molecule has 0 amide bonds. The molecule has 4 N–H and O–H groups in total. The van der Waals surface area contributed by atoms with E-state index in [0.29, 0.717) is 18.0 Å². The van der Waals surface area contributed by atoms with E-state index in [1.807, 2.05) is 12.3 Å². The molecule has 0 aromatic carbocycles. The SMILES string of the molecule is CCCCNc1ncc(-c2cc(NC3CCCC3)ncn2)c(N[C@H]2CC[C@H](O)CC2)n1. The quantitative estimate of drug-likeness (QED) is 0.442. The zero-order valence-corrected chi connectivity index (χ0v) is 18.5. The van der Waals surface area contributed by atoms with E-state index < -0.39 is 0 Å². The van der Waals surface area contributed by atoms with Crippen LogP contribution in [0.4, 0.5) is 17.6 Å². The maximum absolute atomic E-state index is 9.85. The maximum atomic E-state index is 9.85. The van der Waals surface area contributed by atoms with Crippen LogP contribution in [0.5, 0.6) is 0 Å². The number of hydrogen-bond acceptors (Lipinski definition) is 8. The molecule has 2 fully saturated rings. The van der Waals surface area contributed by atoms with Crippen LogP contribution in [0.3, 0.4) is 0 Å². The molecule has 8 nitrogen and oxygen atoms in total. The lowest BCUT2D eigenvalue weighted by Gasteiger charge is -2.27. The van der Waals surface area contributed by atoms with E-state index in [1.165, 1.54) is 25.7 Å². The van der Waals surface area contributed by atoms with Gasteiger partial charge in [-0.2, -0.15) is 4.98 Å². The van der Waals surface area contributed by atoms with Crippen molar-refractivity contribution < 1.29 is 5.11 Å². The Labute approximate surface area is 184 Å². The lowest BCUT2D eigenvalue weighted by atomic mass is 9.93. The van der Waals surface area contributed by atoms with Crippen LogP contribution in [-0.4, -0.2) is 49.8 Å². The van der Waals surface area contributed by atoms with Gasteiger partial charge in [-0.25, -0.2) is 15.0 Å². The van der Waals surface area contributed by atoms with Crippen molar-refractivity contribution >= 4 is 17.6 Å². The summed E-state index contributed by atoms with van der Waals surface area (Å²) >= 11 is 0. The lowest BCUT2D eigenvalue weighted by molar-refractivity contribution is 0.126. The van der Waals surface area contributed by atoms with E-state index in [9.17, 15) is 5.11 Å². The van der Waals surface area contributed by atoms with Crippen LogP contribution in [0, 0.1) is 0 Å². The number of aliphatic hydroxyl groups excluding tert-OH is 1. The molecule has 0 saturated heterocycles. The van der Waals surface area contributed by atoms with E-state index >= 15 is 0 Å². The molecule has 2 aliphatic rings. The molecular weight excluding hydrogens is 390 g/mol. The summed E-state index contributed by atoms with van der Waals surface area (Å²) in [4.78, 5) is 18.3. The molecule has 0 spiro atoms. The summed E-state index contributed by atoms with van der Waals surface area (Å²) in [7, 11) is 0. The number of aliphatic hydroxyl groups is 1. The van der Waals surface area contributed by atoms with Gasteiger partial charge in [-0.05, 0) is 44.9 Å². The van der Waals surface area contributed by atoms with Crippen LogP contribution in [0.2, 0.25) is 0 Å². The summed E-state index contributed by atoms with van der Waals surface area (Å²) in [6.45, 7) is 3.02. The summed E-state index contributed by atoms with van der Waals surface area (Å²) in [5.41, 5.74) is 1.69. The Bertz CT molecular complexity index is 832. The number of hydrogen-bond donors (Lipinski definition) is 4. The highest BCUT2D eigenvalue weighted by atomic mass is 16.3. The fourth-order valence-electron chi connectivity index (χ4n) is 4.42. The minimum Gasteiger partial charge on any atom is -0.393 e. The van der Waals surface area contributed by atoms with Gasteiger partial charge in [0, 0.05) is 30.9 Å². The molecule has 0 atom stereocenters. The van der Waals surface area contributed by atoms with E-state index in [2.05, 4.69) is 37.8 Å². The van der Waals surface area contributed by atoms with Crippen molar-refractivity contribution in [1.82, 2.24) is 19.9 Å². The minimum absolute atomic E-state index is 0.180. The smallest absolute Gasteiger partial charge is 0.224 e. The molecule has 2 aromatic rings. The highest BCUT2D eigenvalue weighted by Crippen LogP contribution is 2.30. The average Bonchev–Trinajstić information content (AvgIpc) is 3.29. The predicted octanol–water partition coefficient (Wildman–Crippen LogP) is 4.22. The molecule has 0 bridgehead atoms. The van der Waals surface area contributed by atoms with Gasteiger partial charge in [0.25, 0.3) is 0 Å². The van der Waals surface area contributed by atoms with Gasteiger partial charge in [-0.15, -0.1) is 0 Å². The van der Waals surface area contributed by atoms with Crippen molar-refractivity contribution in [1.29, 1.82) is 0 Å². The minimum atomic E-state index is -0.180. The summed E-state index contributed by atoms with van der Waals surface area (Å²) in [5, 5.41) is 20.3. The molecule has 2 aromatic heterocycles. The van der Waals surface area contributed by atoms with Gasteiger partial charge >= 0.3 is 0 Å². The van der Waals surface area contributed by atoms with Crippen molar-refractivity contribution in [2.45, 2.75) is 89.3 Å². The Kier molecular flexibility index (Phi) is 7.51. The molecule has 0 radical (unpaired) electrons. The monoisotopic (exact) mass is 425 g/mol. The van der Waals surface area contributed by atoms with Crippen LogP contribution >= 0.6 is 0 Å². The van der Waals surface area contributed by atoms with E-state index in [0.717, 1.165) is 68.0 Å². The van der Waals surface area contributed by atoms with Gasteiger partial charge < -0.3 is 21.1 Å². The molecule has 168 valence electrons. The Morgan fingerprint density at radius 1 is 0.968 bits per heavy atom. The van der Waals surface area contributed by atoms with Gasteiger partial charge in [-0.3, -0.25) is 0 Å². The second-order valence-electron chi connectivity index (χ2n) is 8.80. The zero-order chi connectivity index (χ0) is 21.5. The Morgan fingerprint density at radius 2 is 1.74 bits per heavy atom. The first-order valence-corrected chi connectivity index (χ1v) is 11.9. The second kappa shape index (κ2) is 10.7. The molecular formula is C23H35N7O. The molecule has 2 heterocycles. The van der Waals surface area contributed by atoms with E-state index in [4.69, 9.17) is 4.98 Å². The van der Waals surface area contributed by atoms with E-state index in [1.54, 1.807) is 6.33 Å². The summed E-state index contributed by atoms with van der Waals surface area (Å²) in [6, 6.07) is 2.78. The topological polar surface area (TPSA) is 108 Å². The third kappa shape index (κ3) is 6.03. The molecule has 2 saturated carbocycles. The zero-order valence-electron chi connectivity index (χ0n) is 18.5. The highest BCUT2D eigenvalue weighted by Gasteiger charge is 2.22. The first kappa shape index (κ1) is 21.7. The Morgan fingerprint density at radius 3 is 2.52 bits per heavy atom. The second-order valence-corrected chi connectivity index (χ2v) is 8.80. The molecule has 8 heteroatoms. The largest absolute Gasteiger partial charge is 0.393 e. The van der Waals surface area contributed by atoms with Crippen molar-refractivity contribution in [2.75, 3.05) is 22.5 Å². The molecule has 31 heavy (non-hydrogen) atoms. The van der Waals surface area contributed by atoms with Crippen molar-refractivity contribution in [3.63, 3.8) is 0 Å². The third-order valence-electron chi connectivity index (χ3n) is 6.29. The van der Waals surface area contributed by atoms with Crippen molar-refractivity contribution in [3.05, 3.63) is 18.6 Å². The number of nitrogens with one attached hydrogen (secondary N) is 3. The number of aromatic nitrogens is 4. The third-order valence-corrected chi connectivity index (χ3v) is 6.29. The number of anilines is 3. The normalized spacial score (nSPS) is 21.7. The molecule has 4 rings (SSSR count). The van der Waals surface area contributed by atoms with Crippen LogP contribution in [0.25, 0.3) is 11.3 Å². The van der Waals surface area contributed by atoms with Crippen LogP contribution in [-0.2, 0) is 0 Å². The standard InChI is InChI=1S/C23H35N7O/c1-2-3-12-24-23-25-14-19(22(30-23)29-17-8-10-18(31)11-9-17)20-13-21(27-15-26-20)28-16-6-4-5-7-16/h13-18,31H,2-12H2,1H3,(H,26,27,28)(H2,24,25,29,30)/t17-,18-. The average molecular weight is 426 g/mol. The number of rotatable bonds is 9.